The second kappa shape index (κ2) is 8.07. The molecule has 0 amide bonds. The van der Waals surface area contributed by atoms with E-state index in [0.29, 0.717) is 6.42 Å². The monoisotopic (exact) mass is 287 g/mol. The highest BCUT2D eigenvalue weighted by Gasteiger charge is 2.20. The van der Waals surface area contributed by atoms with Crippen LogP contribution in [0.15, 0.2) is 23.8 Å². The number of aliphatic hydroxyl groups is 2. The number of hydrogen-bond acceptors (Lipinski definition) is 5. The highest BCUT2D eigenvalue weighted by Crippen LogP contribution is 2.19. The molecule has 0 bridgehead atoms. The number of ether oxygens (including phenoxy) is 1. The molecule has 0 saturated carbocycles. The largest absolute Gasteiger partial charge is 0.371 e. The van der Waals surface area contributed by atoms with Crippen molar-refractivity contribution in [3.8, 4) is 0 Å². The van der Waals surface area contributed by atoms with Gasteiger partial charge in [0.05, 0.1) is 18.2 Å². The van der Waals surface area contributed by atoms with Crippen molar-refractivity contribution in [1.82, 2.24) is 5.32 Å². The lowest BCUT2D eigenvalue weighted by atomic mass is 9.98. The maximum Gasteiger partial charge on any atom is 0.167 e. The van der Waals surface area contributed by atoms with Crippen molar-refractivity contribution in [3.63, 3.8) is 0 Å². The Morgan fingerprint density at radius 2 is 2.11 bits per heavy atom. The van der Waals surface area contributed by atoms with E-state index >= 15 is 0 Å². The van der Waals surface area contributed by atoms with Gasteiger partial charge in [-0.3, -0.25) is 5.32 Å². The molecule has 1 aliphatic carbocycles. The molecule has 0 spiro atoms. The number of nitrogens with one attached hydrogen (secondary N) is 1. The Morgan fingerprint density at radius 1 is 1.42 bits per heavy atom. The van der Waals surface area contributed by atoms with Gasteiger partial charge in [-0.2, -0.15) is 12.6 Å². The molecule has 5 heteroatoms. The summed E-state index contributed by atoms with van der Waals surface area (Å²) >= 11 is 4.21. The molecule has 19 heavy (non-hydrogen) atoms. The summed E-state index contributed by atoms with van der Waals surface area (Å²) in [5.74, 6) is 0. The lowest BCUT2D eigenvalue weighted by molar-refractivity contribution is -0.0668. The number of aliphatic hydroxyl groups excluding tert-OH is 1. The third kappa shape index (κ3) is 6.58. The molecular formula is C14H25NO3S. The minimum Gasteiger partial charge on any atom is -0.371 e. The van der Waals surface area contributed by atoms with E-state index in [-0.39, 0.29) is 17.6 Å². The minimum absolute atomic E-state index is 0.0861. The zero-order valence-corrected chi connectivity index (χ0v) is 12.7. The normalized spacial score (nSPS) is 22.7. The van der Waals surface area contributed by atoms with Crippen LogP contribution in [0.2, 0.25) is 0 Å². The third-order valence-corrected chi connectivity index (χ3v) is 3.00. The Hall–Kier alpha value is -0.330. The molecule has 0 aliphatic heterocycles. The number of hydrogen-bond donors (Lipinski definition) is 4. The second-order valence-electron chi connectivity index (χ2n) is 5.16. The molecule has 0 fully saturated rings. The Labute approximate surface area is 121 Å². The van der Waals surface area contributed by atoms with Gasteiger partial charge in [-0.25, -0.2) is 0 Å². The summed E-state index contributed by atoms with van der Waals surface area (Å²) in [6, 6.07) is -0.411. The van der Waals surface area contributed by atoms with Crippen LogP contribution in [0, 0.1) is 0 Å². The molecular weight excluding hydrogens is 262 g/mol. The van der Waals surface area contributed by atoms with Crippen LogP contribution in [-0.2, 0) is 4.74 Å². The lowest BCUT2D eigenvalue weighted by Gasteiger charge is -2.25. The first-order valence-electron chi connectivity index (χ1n) is 6.71. The van der Waals surface area contributed by atoms with Crippen LogP contribution in [0.25, 0.3) is 0 Å². The van der Waals surface area contributed by atoms with Gasteiger partial charge >= 0.3 is 0 Å². The quantitative estimate of drug-likeness (QED) is 0.424. The van der Waals surface area contributed by atoms with Crippen molar-refractivity contribution in [1.29, 1.82) is 0 Å². The Morgan fingerprint density at radius 3 is 2.53 bits per heavy atom. The van der Waals surface area contributed by atoms with Crippen LogP contribution in [0.1, 0.15) is 33.6 Å². The van der Waals surface area contributed by atoms with Gasteiger partial charge in [0.15, 0.2) is 6.29 Å². The highest BCUT2D eigenvalue weighted by atomic mass is 32.1. The smallest absolute Gasteiger partial charge is 0.167 e. The standard InChI is InChI=1S/C14H25NO3S/c1-9(2)18-12-6-4-11(5-7-12)8-13(14(16)17)15-10(3)19/h4-6,9-10,12-17,19H,7-8H2,1-3H3/t10?,12?,13-/m0/s1. The van der Waals surface area contributed by atoms with E-state index in [9.17, 15) is 10.2 Å². The fourth-order valence-corrected chi connectivity index (χ4v) is 2.25. The molecule has 0 heterocycles. The summed E-state index contributed by atoms with van der Waals surface area (Å²) in [6.45, 7) is 5.89. The van der Waals surface area contributed by atoms with Crippen molar-refractivity contribution in [2.24, 2.45) is 0 Å². The van der Waals surface area contributed by atoms with Crippen LogP contribution >= 0.6 is 12.6 Å². The van der Waals surface area contributed by atoms with Crippen LogP contribution in [-0.4, -0.2) is 40.1 Å². The summed E-state index contributed by atoms with van der Waals surface area (Å²) in [7, 11) is 0. The Bertz CT molecular complexity index is 327. The van der Waals surface area contributed by atoms with Crippen molar-refractivity contribution in [2.45, 2.75) is 63.5 Å². The summed E-state index contributed by atoms with van der Waals surface area (Å²) < 4.78 is 5.70. The molecule has 0 aromatic carbocycles. The van der Waals surface area contributed by atoms with E-state index in [0.717, 1.165) is 12.0 Å². The van der Waals surface area contributed by atoms with E-state index in [2.05, 4.69) is 24.0 Å². The topological polar surface area (TPSA) is 61.7 Å². The maximum atomic E-state index is 9.35. The first-order valence-corrected chi connectivity index (χ1v) is 7.23. The van der Waals surface area contributed by atoms with Gasteiger partial charge in [-0.15, -0.1) is 0 Å². The van der Waals surface area contributed by atoms with Gasteiger partial charge in [0.1, 0.15) is 0 Å². The zero-order valence-electron chi connectivity index (χ0n) is 11.8. The van der Waals surface area contributed by atoms with Gasteiger partial charge in [0.25, 0.3) is 0 Å². The number of thiol groups is 1. The van der Waals surface area contributed by atoms with Crippen molar-refractivity contribution in [2.75, 3.05) is 0 Å². The Kier molecular flexibility index (Phi) is 7.10. The van der Waals surface area contributed by atoms with Gasteiger partial charge in [0.2, 0.25) is 0 Å². The molecule has 3 N–H and O–H groups in total. The average molecular weight is 287 g/mol. The fraction of sp³-hybridized carbons (Fsp3) is 0.714. The van der Waals surface area contributed by atoms with Gasteiger partial charge in [-0.05, 0) is 33.6 Å². The van der Waals surface area contributed by atoms with E-state index in [4.69, 9.17) is 4.74 Å². The first kappa shape index (κ1) is 16.7. The predicted octanol–water partition coefficient (Wildman–Crippen LogP) is 1.60. The summed E-state index contributed by atoms with van der Waals surface area (Å²) in [5, 5.41) is 21.6. The van der Waals surface area contributed by atoms with Crippen molar-refractivity contribution < 1.29 is 14.9 Å². The van der Waals surface area contributed by atoms with Gasteiger partial charge in [-0.1, -0.05) is 23.8 Å². The second-order valence-corrected chi connectivity index (χ2v) is 5.94. The molecule has 4 nitrogen and oxygen atoms in total. The first-order chi connectivity index (χ1) is 8.88. The highest BCUT2D eigenvalue weighted by molar-refractivity contribution is 7.80. The molecule has 0 saturated heterocycles. The minimum atomic E-state index is -1.39. The molecule has 1 rings (SSSR count). The molecule has 0 radical (unpaired) electrons. The van der Waals surface area contributed by atoms with Crippen LogP contribution in [0.3, 0.4) is 0 Å². The van der Waals surface area contributed by atoms with Crippen LogP contribution in [0.5, 0.6) is 0 Å². The third-order valence-electron chi connectivity index (χ3n) is 2.86. The lowest BCUT2D eigenvalue weighted by Crippen LogP contribution is -2.42. The SMILES string of the molecule is CC(S)N[C@@H](CC1=CCC(OC(C)C)C=C1)C(O)O. The molecule has 0 aromatic heterocycles. The fourth-order valence-electron chi connectivity index (χ4n) is 2.06. The van der Waals surface area contributed by atoms with Crippen molar-refractivity contribution >= 4 is 12.6 Å². The van der Waals surface area contributed by atoms with E-state index < -0.39 is 12.3 Å². The van der Waals surface area contributed by atoms with E-state index in [1.54, 1.807) is 0 Å². The number of rotatable bonds is 7. The number of allylic oxidation sites excluding steroid dienone is 1. The predicted molar refractivity (Wildman–Crippen MR) is 80.1 cm³/mol. The van der Waals surface area contributed by atoms with Crippen LogP contribution < -0.4 is 5.32 Å². The molecule has 110 valence electrons. The van der Waals surface area contributed by atoms with E-state index in [1.807, 2.05) is 32.9 Å². The summed E-state index contributed by atoms with van der Waals surface area (Å²) in [6.07, 6.45) is 6.45. The van der Waals surface area contributed by atoms with E-state index in [1.165, 1.54) is 0 Å². The van der Waals surface area contributed by atoms with Crippen molar-refractivity contribution in [3.05, 3.63) is 23.8 Å². The molecule has 0 aromatic rings. The van der Waals surface area contributed by atoms with Gasteiger partial charge < -0.3 is 14.9 Å². The summed E-state index contributed by atoms with van der Waals surface area (Å²) in [4.78, 5) is 0. The average Bonchev–Trinajstić information content (AvgIpc) is 2.29. The Balaban J connectivity index is 2.49. The molecule has 3 atom stereocenters. The summed E-state index contributed by atoms with van der Waals surface area (Å²) in [5.41, 5.74) is 1.09. The maximum absolute atomic E-state index is 9.35. The molecule has 1 aliphatic rings. The van der Waals surface area contributed by atoms with Crippen LogP contribution in [0.4, 0.5) is 0 Å². The molecule has 2 unspecified atom stereocenters. The van der Waals surface area contributed by atoms with Gasteiger partial charge in [0, 0.05) is 5.37 Å². The zero-order chi connectivity index (χ0) is 14.4.